The Hall–Kier alpha value is -1.88. The van der Waals surface area contributed by atoms with Crippen LogP contribution >= 0.6 is 0 Å². The predicted molar refractivity (Wildman–Crippen MR) is 126 cm³/mol. The molecule has 3 rings (SSSR count). The second-order valence-electron chi connectivity index (χ2n) is 8.26. The summed E-state index contributed by atoms with van der Waals surface area (Å²) in [6.45, 7) is 15.3. The standard InChI is InChI=1S/C26H39N3O/c1-3-27(4-2)18-9-21-30-26-14-12-25(13-15-26)23-29-17-8-16-28(19-20-29)22-24-10-6-5-7-11-24/h5-7,10-15H,3-4,8-9,16-23H2,1-2H3. The molecule has 0 aromatic heterocycles. The van der Waals surface area contributed by atoms with Crippen LogP contribution in [0.25, 0.3) is 0 Å². The molecule has 4 heteroatoms. The highest BCUT2D eigenvalue weighted by Crippen LogP contribution is 2.16. The van der Waals surface area contributed by atoms with Crippen LogP contribution in [-0.2, 0) is 13.1 Å². The van der Waals surface area contributed by atoms with Crippen LogP contribution in [0.4, 0.5) is 0 Å². The van der Waals surface area contributed by atoms with Gasteiger partial charge < -0.3 is 9.64 Å². The van der Waals surface area contributed by atoms with Gasteiger partial charge in [0.15, 0.2) is 0 Å². The van der Waals surface area contributed by atoms with Crippen molar-refractivity contribution in [1.29, 1.82) is 0 Å². The van der Waals surface area contributed by atoms with Crippen LogP contribution in [0.5, 0.6) is 5.75 Å². The van der Waals surface area contributed by atoms with Crippen molar-refractivity contribution in [1.82, 2.24) is 14.7 Å². The van der Waals surface area contributed by atoms with E-state index in [1.807, 2.05) is 0 Å². The number of hydrogen-bond acceptors (Lipinski definition) is 4. The third-order valence-electron chi connectivity index (χ3n) is 6.04. The molecule has 0 unspecified atom stereocenters. The van der Waals surface area contributed by atoms with Crippen molar-refractivity contribution in [2.45, 2.75) is 39.8 Å². The van der Waals surface area contributed by atoms with Gasteiger partial charge in [0.05, 0.1) is 6.61 Å². The summed E-state index contributed by atoms with van der Waals surface area (Å²) in [6.07, 6.45) is 2.32. The third kappa shape index (κ3) is 7.75. The van der Waals surface area contributed by atoms with E-state index in [0.29, 0.717) is 0 Å². The second-order valence-corrected chi connectivity index (χ2v) is 8.26. The van der Waals surface area contributed by atoms with E-state index in [0.717, 1.165) is 64.6 Å². The number of hydrogen-bond donors (Lipinski definition) is 0. The van der Waals surface area contributed by atoms with Crippen molar-refractivity contribution in [3.8, 4) is 5.75 Å². The van der Waals surface area contributed by atoms with Crippen molar-refractivity contribution in [2.24, 2.45) is 0 Å². The maximum Gasteiger partial charge on any atom is 0.119 e. The molecule has 4 nitrogen and oxygen atoms in total. The van der Waals surface area contributed by atoms with E-state index in [-0.39, 0.29) is 0 Å². The fourth-order valence-corrected chi connectivity index (χ4v) is 4.15. The molecule has 164 valence electrons. The molecule has 1 saturated heterocycles. The number of rotatable bonds is 11. The number of benzene rings is 2. The van der Waals surface area contributed by atoms with E-state index >= 15 is 0 Å². The van der Waals surface area contributed by atoms with Crippen LogP contribution < -0.4 is 4.74 Å². The highest BCUT2D eigenvalue weighted by molar-refractivity contribution is 5.27. The van der Waals surface area contributed by atoms with Crippen LogP contribution in [0.2, 0.25) is 0 Å². The van der Waals surface area contributed by atoms with E-state index in [2.05, 4.69) is 83.1 Å². The molecule has 0 atom stereocenters. The van der Waals surface area contributed by atoms with Gasteiger partial charge in [-0.1, -0.05) is 56.3 Å². The van der Waals surface area contributed by atoms with Crippen LogP contribution in [0.3, 0.4) is 0 Å². The maximum atomic E-state index is 5.93. The summed E-state index contributed by atoms with van der Waals surface area (Å²) in [6, 6.07) is 19.6. The van der Waals surface area contributed by atoms with Gasteiger partial charge in [-0.3, -0.25) is 9.80 Å². The Kier molecular flexibility index (Phi) is 9.68. The first-order chi connectivity index (χ1) is 14.8. The van der Waals surface area contributed by atoms with E-state index in [9.17, 15) is 0 Å². The van der Waals surface area contributed by atoms with Crippen LogP contribution in [-0.4, -0.2) is 67.1 Å². The Morgan fingerprint density at radius 1 is 0.767 bits per heavy atom. The smallest absolute Gasteiger partial charge is 0.119 e. The first kappa shape index (κ1) is 22.8. The summed E-state index contributed by atoms with van der Waals surface area (Å²) in [5, 5.41) is 0. The summed E-state index contributed by atoms with van der Waals surface area (Å²) in [5.74, 6) is 0.989. The minimum Gasteiger partial charge on any atom is -0.494 e. The average molecular weight is 410 g/mol. The van der Waals surface area contributed by atoms with E-state index in [1.54, 1.807) is 0 Å². The largest absolute Gasteiger partial charge is 0.494 e. The monoisotopic (exact) mass is 409 g/mol. The van der Waals surface area contributed by atoms with Gasteiger partial charge in [-0.2, -0.15) is 0 Å². The Morgan fingerprint density at radius 3 is 1.97 bits per heavy atom. The average Bonchev–Trinajstić information content (AvgIpc) is 3.01. The molecule has 1 fully saturated rings. The molecule has 0 saturated carbocycles. The summed E-state index contributed by atoms with van der Waals surface area (Å²) >= 11 is 0. The van der Waals surface area contributed by atoms with Gasteiger partial charge in [0.25, 0.3) is 0 Å². The SMILES string of the molecule is CCN(CC)CCCOc1ccc(CN2CCCN(Cc3ccccc3)CC2)cc1. The van der Waals surface area contributed by atoms with E-state index < -0.39 is 0 Å². The predicted octanol–water partition coefficient (Wildman–Crippen LogP) is 4.51. The lowest BCUT2D eigenvalue weighted by Gasteiger charge is -2.22. The molecule has 0 bridgehead atoms. The molecule has 1 aliphatic heterocycles. The van der Waals surface area contributed by atoms with Crippen molar-refractivity contribution >= 4 is 0 Å². The zero-order valence-electron chi connectivity index (χ0n) is 18.9. The molecule has 2 aromatic carbocycles. The topological polar surface area (TPSA) is 19.0 Å². The van der Waals surface area contributed by atoms with Crippen molar-refractivity contribution < 1.29 is 4.74 Å². The normalized spacial score (nSPS) is 16.0. The second kappa shape index (κ2) is 12.7. The summed E-state index contributed by atoms with van der Waals surface area (Å²) in [7, 11) is 0. The molecule has 1 heterocycles. The van der Waals surface area contributed by atoms with Crippen LogP contribution in [0.1, 0.15) is 37.8 Å². The lowest BCUT2D eigenvalue weighted by Crippen LogP contribution is -2.30. The molecular weight excluding hydrogens is 370 g/mol. The zero-order chi connectivity index (χ0) is 21.0. The van der Waals surface area contributed by atoms with Gasteiger partial charge in [0.2, 0.25) is 0 Å². The minimum absolute atomic E-state index is 0.791. The van der Waals surface area contributed by atoms with Crippen molar-refractivity contribution in [2.75, 3.05) is 52.4 Å². The summed E-state index contributed by atoms with van der Waals surface area (Å²) in [4.78, 5) is 7.62. The van der Waals surface area contributed by atoms with E-state index in [4.69, 9.17) is 4.74 Å². The molecule has 2 aromatic rings. The van der Waals surface area contributed by atoms with Gasteiger partial charge in [-0.05, 0) is 62.3 Å². The molecule has 0 spiro atoms. The van der Waals surface area contributed by atoms with Gasteiger partial charge >= 0.3 is 0 Å². The molecule has 0 N–H and O–H groups in total. The first-order valence-electron chi connectivity index (χ1n) is 11.7. The number of ether oxygens (including phenoxy) is 1. The van der Waals surface area contributed by atoms with Crippen molar-refractivity contribution in [3.05, 3.63) is 65.7 Å². The van der Waals surface area contributed by atoms with Crippen molar-refractivity contribution in [3.63, 3.8) is 0 Å². The highest BCUT2D eigenvalue weighted by Gasteiger charge is 2.15. The van der Waals surface area contributed by atoms with Gasteiger partial charge in [-0.15, -0.1) is 0 Å². The molecule has 0 amide bonds. The molecule has 0 radical (unpaired) electrons. The molecule has 0 aliphatic carbocycles. The van der Waals surface area contributed by atoms with Gasteiger partial charge in [0.1, 0.15) is 5.75 Å². The Balaban J connectivity index is 1.38. The van der Waals surface area contributed by atoms with Gasteiger partial charge in [0, 0.05) is 32.7 Å². The van der Waals surface area contributed by atoms with Crippen LogP contribution in [0, 0.1) is 0 Å². The fraction of sp³-hybridized carbons (Fsp3) is 0.538. The Bertz CT molecular complexity index is 700. The maximum absolute atomic E-state index is 5.93. The highest BCUT2D eigenvalue weighted by atomic mass is 16.5. The fourth-order valence-electron chi connectivity index (χ4n) is 4.15. The number of nitrogens with zero attached hydrogens (tertiary/aromatic N) is 3. The zero-order valence-corrected chi connectivity index (χ0v) is 18.9. The lowest BCUT2D eigenvalue weighted by atomic mass is 10.2. The van der Waals surface area contributed by atoms with Crippen LogP contribution in [0.15, 0.2) is 54.6 Å². The summed E-state index contributed by atoms with van der Waals surface area (Å²) < 4.78 is 5.93. The molecule has 1 aliphatic rings. The Labute approximate surface area is 183 Å². The van der Waals surface area contributed by atoms with E-state index in [1.165, 1.54) is 30.6 Å². The lowest BCUT2D eigenvalue weighted by molar-refractivity contribution is 0.246. The quantitative estimate of drug-likeness (QED) is 0.509. The summed E-state index contributed by atoms with van der Waals surface area (Å²) in [5.41, 5.74) is 2.79. The van der Waals surface area contributed by atoms with Gasteiger partial charge in [-0.25, -0.2) is 0 Å². The first-order valence-corrected chi connectivity index (χ1v) is 11.7. The molecular formula is C26H39N3O. The minimum atomic E-state index is 0.791. The third-order valence-corrected chi connectivity index (χ3v) is 6.04. The Morgan fingerprint density at radius 2 is 1.37 bits per heavy atom. The molecule has 30 heavy (non-hydrogen) atoms.